The summed E-state index contributed by atoms with van der Waals surface area (Å²) in [5.41, 5.74) is 3.10. The van der Waals surface area contributed by atoms with Crippen molar-refractivity contribution in [3.63, 3.8) is 0 Å². The predicted molar refractivity (Wildman–Crippen MR) is 130 cm³/mol. The Morgan fingerprint density at radius 2 is 1.81 bits per heavy atom. The minimum Gasteiger partial charge on any atom is -0.389 e. The Morgan fingerprint density at radius 1 is 1.09 bits per heavy atom. The molecule has 2 atom stereocenters. The molecule has 0 amide bonds. The maximum Gasteiger partial charge on any atom is 0.232 e. The first-order chi connectivity index (χ1) is 15.5. The summed E-state index contributed by atoms with van der Waals surface area (Å²) >= 11 is 0. The minimum atomic E-state index is -0.527. The highest BCUT2D eigenvalue weighted by molar-refractivity contribution is 5.68. The van der Waals surface area contributed by atoms with E-state index in [2.05, 4.69) is 54.8 Å². The van der Waals surface area contributed by atoms with E-state index in [1.165, 1.54) is 19.3 Å². The Hall–Kier alpha value is -1.89. The van der Waals surface area contributed by atoms with Gasteiger partial charge in [0.1, 0.15) is 5.69 Å². The van der Waals surface area contributed by atoms with E-state index in [1.54, 1.807) is 0 Å². The zero-order valence-electron chi connectivity index (χ0n) is 20.3. The van der Waals surface area contributed by atoms with Crippen LogP contribution in [-0.2, 0) is 11.3 Å². The number of ether oxygens (including phenoxy) is 1. The van der Waals surface area contributed by atoms with Crippen molar-refractivity contribution in [2.24, 2.45) is 5.92 Å². The molecule has 2 heterocycles. The molecule has 0 spiro atoms. The summed E-state index contributed by atoms with van der Waals surface area (Å²) in [6, 6.07) is 10.6. The van der Waals surface area contributed by atoms with E-state index < -0.39 is 6.10 Å². The lowest BCUT2D eigenvalue weighted by atomic mass is 10.0. The lowest BCUT2D eigenvalue weighted by Crippen LogP contribution is -2.40. The molecule has 0 radical (unpaired) electrons. The van der Waals surface area contributed by atoms with Gasteiger partial charge in [-0.05, 0) is 38.5 Å². The van der Waals surface area contributed by atoms with E-state index in [0.717, 1.165) is 42.2 Å². The quantitative estimate of drug-likeness (QED) is 0.500. The van der Waals surface area contributed by atoms with Crippen molar-refractivity contribution in [1.29, 1.82) is 0 Å². The molecule has 0 aliphatic carbocycles. The maximum atomic E-state index is 10.7. The van der Waals surface area contributed by atoms with Crippen LogP contribution in [0.4, 0.5) is 5.88 Å². The number of benzene rings is 1. The molecule has 1 aliphatic rings. The van der Waals surface area contributed by atoms with E-state index >= 15 is 0 Å². The summed E-state index contributed by atoms with van der Waals surface area (Å²) in [6.07, 6.45) is 4.11. The Labute approximate surface area is 193 Å². The second kappa shape index (κ2) is 12.4. The largest absolute Gasteiger partial charge is 0.389 e. The molecule has 0 bridgehead atoms. The molecule has 6 nitrogen and oxygen atoms in total. The van der Waals surface area contributed by atoms with Crippen molar-refractivity contribution >= 4 is 5.88 Å². The molecule has 2 aromatic rings. The molecule has 1 saturated heterocycles. The van der Waals surface area contributed by atoms with Gasteiger partial charge < -0.3 is 19.3 Å². The summed E-state index contributed by atoms with van der Waals surface area (Å²) in [4.78, 5) is 4.69. The molecule has 32 heavy (non-hydrogen) atoms. The number of aliphatic hydroxyl groups excluding tert-OH is 1. The fourth-order valence-electron chi connectivity index (χ4n) is 4.24. The molecule has 1 aromatic heterocycles. The zero-order valence-corrected chi connectivity index (χ0v) is 20.3. The third-order valence-electron chi connectivity index (χ3n) is 6.24. The zero-order chi connectivity index (χ0) is 22.9. The summed E-state index contributed by atoms with van der Waals surface area (Å²) in [7, 11) is 0. The SMILES string of the molecule is CCC(C)N(Cc1c(-c2ccccc2)noc1N1CCCCC1)CC(O)COCC(C)C. The molecule has 1 aromatic carbocycles. The van der Waals surface area contributed by atoms with Gasteiger partial charge in [-0.2, -0.15) is 0 Å². The summed E-state index contributed by atoms with van der Waals surface area (Å²) < 4.78 is 11.7. The van der Waals surface area contributed by atoms with E-state index in [9.17, 15) is 5.11 Å². The van der Waals surface area contributed by atoms with Crippen LogP contribution in [0.2, 0.25) is 0 Å². The standard InChI is InChI=1S/C26H41N3O3/c1-5-21(4)29(16-23(30)19-31-18-20(2)3)17-24-25(22-12-8-6-9-13-22)27-32-26(24)28-14-10-7-11-15-28/h6,8-9,12-13,20-21,23,30H,5,7,10-11,14-19H2,1-4H3. The van der Waals surface area contributed by atoms with Crippen LogP contribution in [0.15, 0.2) is 34.9 Å². The van der Waals surface area contributed by atoms with Crippen molar-refractivity contribution in [2.75, 3.05) is 37.7 Å². The molecule has 6 heteroatoms. The lowest BCUT2D eigenvalue weighted by Gasteiger charge is -2.32. The number of hydrogen-bond donors (Lipinski definition) is 1. The topological polar surface area (TPSA) is 62.0 Å². The third-order valence-corrected chi connectivity index (χ3v) is 6.24. The number of piperidine rings is 1. The van der Waals surface area contributed by atoms with Crippen molar-refractivity contribution in [3.8, 4) is 11.3 Å². The van der Waals surface area contributed by atoms with Gasteiger partial charge in [0, 0.05) is 44.4 Å². The molecule has 1 aliphatic heterocycles. The van der Waals surface area contributed by atoms with Crippen molar-refractivity contribution in [3.05, 3.63) is 35.9 Å². The molecular weight excluding hydrogens is 402 g/mol. The van der Waals surface area contributed by atoms with Crippen LogP contribution in [0, 0.1) is 5.92 Å². The van der Waals surface area contributed by atoms with E-state index in [4.69, 9.17) is 9.26 Å². The molecule has 3 rings (SSSR count). The highest BCUT2D eigenvalue weighted by Crippen LogP contribution is 2.34. The van der Waals surface area contributed by atoms with Crippen LogP contribution in [0.5, 0.6) is 0 Å². The first-order valence-electron chi connectivity index (χ1n) is 12.3. The van der Waals surface area contributed by atoms with Crippen molar-refractivity contribution in [1.82, 2.24) is 10.1 Å². The monoisotopic (exact) mass is 443 g/mol. The van der Waals surface area contributed by atoms with Crippen LogP contribution in [0.1, 0.15) is 58.9 Å². The van der Waals surface area contributed by atoms with Gasteiger partial charge in [0.2, 0.25) is 5.88 Å². The predicted octanol–water partition coefficient (Wildman–Crippen LogP) is 4.97. The first-order valence-corrected chi connectivity index (χ1v) is 12.3. The number of hydrogen-bond acceptors (Lipinski definition) is 6. The maximum absolute atomic E-state index is 10.7. The van der Waals surface area contributed by atoms with Gasteiger partial charge in [0.25, 0.3) is 0 Å². The van der Waals surface area contributed by atoms with E-state index in [0.29, 0.717) is 38.3 Å². The summed E-state index contributed by atoms with van der Waals surface area (Å²) in [6.45, 7) is 12.9. The minimum absolute atomic E-state index is 0.322. The van der Waals surface area contributed by atoms with Gasteiger partial charge in [-0.15, -0.1) is 0 Å². The van der Waals surface area contributed by atoms with E-state index in [1.807, 2.05) is 18.2 Å². The van der Waals surface area contributed by atoms with E-state index in [-0.39, 0.29) is 0 Å². The normalized spacial score (nSPS) is 16.7. The number of anilines is 1. The Kier molecular flexibility index (Phi) is 9.57. The van der Waals surface area contributed by atoms with Crippen molar-refractivity contribution in [2.45, 2.75) is 72.1 Å². The number of aromatic nitrogens is 1. The summed E-state index contributed by atoms with van der Waals surface area (Å²) in [5, 5.41) is 15.2. The van der Waals surface area contributed by atoms with Crippen LogP contribution in [0.25, 0.3) is 11.3 Å². The number of nitrogens with zero attached hydrogens (tertiary/aromatic N) is 3. The smallest absolute Gasteiger partial charge is 0.232 e. The number of aliphatic hydroxyl groups is 1. The van der Waals surface area contributed by atoms with Crippen LogP contribution >= 0.6 is 0 Å². The second-order valence-corrected chi connectivity index (χ2v) is 9.50. The van der Waals surface area contributed by atoms with Gasteiger partial charge in [0.15, 0.2) is 0 Å². The van der Waals surface area contributed by atoms with Crippen LogP contribution in [-0.4, -0.2) is 60.2 Å². The highest BCUT2D eigenvalue weighted by Gasteiger charge is 2.27. The van der Waals surface area contributed by atoms with Crippen LogP contribution < -0.4 is 4.90 Å². The fourth-order valence-corrected chi connectivity index (χ4v) is 4.24. The summed E-state index contributed by atoms with van der Waals surface area (Å²) in [5.74, 6) is 1.35. The van der Waals surface area contributed by atoms with Crippen LogP contribution in [0.3, 0.4) is 0 Å². The van der Waals surface area contributed by atoms with Gasteiger partial charge in [-0.1, -0.05) is 56.3 Å². The number of rotatable bonds is 12. The molecule has 1 N–H and O–H groups in total. The molecular formula is C26H41N3O3. The van der Waals surface area contributed by atoms with Gasteiger partial charge >= 0.3 is 0 Å². The third kappa shape index (κ3) is 6.80. The first kappa shape index (κ1) is 24.7. The lowest BCUT2D eigenvalue weighted by molar-refractivity contribution is 0.000144. The second-order valence-electron chi connectivity index (χ2n) is 9.50. The fraction of sp³-hybridized carbons (Fsp3) is 0.654. The highest BCUT2D eigenvalue weighted by atomic mass is 16.5. The molecule has 2 unspecified atom stereocenters. The van der Waals surface area contributed by atoms with Gasteiger partial charge in [-0.25, -0.2) is 0 Å². The molecule has 1 fully saturated rings. The average Bonchev–Trinajstić information content (AvgIpc) is 3.22. The van der Waals surface area contributed by atoms with Gasteiger partial charge in [0.05, 0.1) is 18.3 Å². The Morgan fingerprint density at radius 3 is 2.47 bits per heavy atom. The molecule has 178 valence electrons. The Bertz CT molecular complexity index is 787. The Balaban J connectivity index is 1.84. The van der Waals surface area contributed by atoms with Gasteiger partial charge in [-0.3, -0.25) is 4.90 Å². The van der Waals surface area contributed by atoms with Crippen molar-refractivity contribution < 1.29 is 14.4 Å². The molecule has 0 saturated carbocycles. The average molecular weight is 444 g/mol.